The van der Waals surface area contributed by atoms with Crippen LogP contribution >= 0.6 is 46.4 Å². The van der Waals surface area contributed by atoms with Crippen molar-refractivity contribution in [2.75, 3.05) is 71.7 Å². The van der Waals surface area contributed by atoms with E-state index >= 15 is 0 Å². The highest BCUT2D eigenvalue weighted by Gasteiger charge is 2.50. The second kappa shape index (κ2) is 20.2. The van der Waals surface area contributed by atoms with Crippen LogP contribution in [0.5, 0.6) is 5.75 Å². The van der Waals surface area contributed by atoms with Crippen LogP contribution in [0, 0.1) is 0 Å². The standard InChI is InChI=1S/C20H17Cl2NO4.C17H9Cl2F3O6S.C4H9NO/c1-25-20(24)19-17(23-5-7-26-8-6-23)16-4-2-3-15(18(16)27-19)12-9-13(21)11-14(22)10-12;1-26-16(23)15-14(28-29(24,25)17(20,21)22)12-4-2-3-11(13(12)27-15)8-5-9(18)7-10(19)6-8;1-3-6-4-2-5-1/h2-4,9-11H,5-8H2,1H3;2-7H,1H3;5H,1-4H2. The molecule has 13 nitrogen and oxygen atoms in total. The summed E-state index contributed by atoms with van der Waals surface area (Å²) in [4.78, 5) is 26.5. The van der Waals surface area contributed by atoms with Gasteiger partial charge in [-0.05, 0) is 59.7 Å². The van der Waals surface area contributed by atoms with Gasteiger partial charge in [-0.25, -0.2) is 9.59 Å². The third-order valence-corrected chi connectivity index (χ3v) is 10.9. The number of carbonyl (C=O) groups excluding carboxylic acids is 2. The maximum Gasteiger partial charge on any atom is 0.534 e. The Bertz CT molecular complexity index is 2650. The van der Waals surface area contributed by atoms with E-state index in [4.69, 9.17) is 69.4 Å². The van der Waals surface area contributed by atoms with Crippen LogP contribution in [-0.2, 0) is 29.1 Å². The SMILES string of the molecule is C1COCCN1.COC(=O)c1oc2c(-c3cc(Cl)cc(Cl)c3)cccc2c1N1CCOCC1.COC(=O)c1oc2c(-c3cc(Cl)cc(Cl)c3)cccc2c1OS(=O)(=O)C(F)(F)F. The lowest BCUT2D eigenvalue weighted by Crippen LogP contribution is -2.36. The number of para-hydroxylation sites is 2. The van der Waals surface area contributed by atoms with Gasteiger partial charge in [-0.15, -0.1) is 0 Å². The normalized spacial score (nSPS) is 14.4. The molecule has 2 aliphatic rings. The third kappa shape index (κ3) is 10.7. The molecule has 0 unspecified atom stereocenters. The fourth-order valence-corrected chi connectivity index (χ4v) is 7.92. The zero-order valence-corrected chi connectivity index (χ0v) is 36.4. The van der Waals surface area contributed by atoms with Gasteiger partial charge >= 0.3 is 27.6 Å². The molecule has 0 spiro atoms. The maximum absolute atomic E-state index is 12.8. The molecule has 0 aliphatic carbocycles. The van der Waals surface area contributed by atoms with Crippen LogP contribution < -0.4 is 14.4 Å². The zero-order chi connectivity index (χ0) is 44.8. The van der Waals surface area contributed by atoms with E-state index in [1.165, 1.54) is 43.5 Å². The zero-order valence-electron chi connectivity index (χ0n) is 32.6. The van der Waals surface area contributed by atoms with Crippen molar-refractivity contribution < 1.29 is 63.1 Å². The van der Waals surface area contributed by atoms with Crippen molar-refractivity contribution in [3.8, 4) is 28.0 Å². The predicted octanol–water partition coefficient (Wildman–Crippen LogP) is 10.1. The highest BCUT2D eigenvalue weighted by Crippen LogP contribution is 2.43. The van der Waals surface area contributed by atoms with Crippen LogP contribution in [0.25, 0.3) is 44.2 Å². The summed E-state index contributed by atoms with van der Waals surface area (Å²) in [6.07, 6.45) is 0. The van der Waals surface area contributed by atoms with E-state index in [1.807, 2.05) is 30.3 Å². The van der Waals surface area contributed by atoms with E-state index in [1.54, 1.807) is 6.07 Å². The third-order valence-electron chi connectivity index (χ3n) is 9.10. The maximum atomic E-state index is 12.8. The summed E-state index contributed by atoms with van der Waals surface area (Å²) in [5.74, 6) is -3.35. The number of hydrogen-bond donors (Lipinski definition) is 1. The molecule has 4 heterocycles. The Hall–Kier alpha value is -4.72. The van der Waals surface area contributed by atoms with Gasteiger partial charge in [-0.3, -0.25) is 0 Å². The summed E-state index contributed by atoms with van der Waals surface area (Å²) < 4.78 is 96.8. The molecule has 0 bridgehead atoms. The number of benzene rings is 4. The van der Waals surface area contributed by atoms with Gasteiger partial charge in [-0.2, -0.15) is 21.6 Å². The number of esters is 2. The van der Waals surface area contributed by atoms with Gasteiger partial charge in [0.25, 0.3) is 5.76 Å². The van der Waals surface area contributed by atoms with Crippen molar-refractivity contribution in [3.63, 3.8) is 0 Å². The van der Waals surface area contributed by atoms with Crippen molar-refractivity contribution in [1.29, 1.82) is 0 Å². The summed E-state index contributed by atoms with van der Waals surface area (Å²) in [6.45, 7) is 6.37. The van der Waals surface area contributed by atoms with Gasteiger partial charge in [0.05, 0.1) is 51.7 Å². The minimum absolute atomic E-state index is 0.126. The Kier molecular flexibility index (Phi) is 15.2. The van der Waals surface area contributed by atoms with E-state index in [2.05, 4.69) is 19.1 Å². The number of halogens is 7. The number of nitrogens with one attached hydrogen (secondary N) is 1. The highest BCUT2D eigenvalue weighted by atomic mass is 35.5. The Labute approximate surface area is 372 Å². The molecule has 0 amide bonds. The number of rotatable bonds is 7. The van der Waals surface area contributed by atoms with Gasteiger partial charge in [0.2, 0.25) is 11.5 Å². The molecule has 0 saturated carbocycles. The summed E-state index contributed by atoms with van der Waals surface area (Å²) >= 11 is 24.3. The Balaban J connectivity index is 0.000000182. The van der Waals surface area contributed by atoms with E-state index in [0.717, 1.165) is 55.6 Å². The fraction of sp³-hybridized carbons (Fsp3) is 0.268. The number of nitrogens with zero attached hydrogens (tertiary/aromatic N) is 1. The number of morpholine rings is 2. The minimum atomic E-state index is -6.08. The number of carbonyl (C=O) groups is 2. The van der Waals surface area contributed by atoms with Gasteiger partial charge in [0, 0.05) is 62.8 Å². The number of furan rings is 2. The monoisotopic (exact) mass is 960 g/mol. The number of ether oxygens (including phenoxy) is 4. The van der Waals surface area contributed by atoms with E-state index in [-0.39, 0.29) is 32.3 Å². The number of methoxy groups -OCH3 is 2. The Morgan fingerprint density at radius 2 is 1.13 bits per heavy atom. The first-order valence-electron chi connectivity index (χ1n) is 18.4. The number of fused-ring (bicyclic) bond motifs is 2. The predicted molar refractivity (Wildman–Crippen MR) is 228 cm³/mol. The first-order valence-corrected chi connectivity index (χ1v) is 21.3. The molecule has 62 heavy (non-hydrogen) atoms. The van der Waals surface area contributed by atoms with Crippen LogP contribution in [0.4, 0.5) is 18.9 Å². The van der Waals surface area contributed by atoms with E-state index < -0.39 is 39.1 Å². The molecule has 1 N–H and O–H groups in total. The molecular formula is C41H35Cl4F3N2O11S. The van der Waals surface area contributed by atoms with Crippen LogP contribution in [-0.4, -0.2) is 92.7 Å². The van der Waals surface area contributed by atoms with Crippen LogP contribution in [0.1, 0.15) is 21.1 Å². The van der Waals surface area contributed by atoms with Crippen LogP contribution in [0.15, 0.2) is 81.6 Å². The van der Waals surface area contributed by atoms with Gasteiger partial charge in [-0.1, -0.05) is 70.7 Å². The number of anilines is 1. The molecule has 2 fully saturated rings. The summed E-state index contributed by atoms with van der Waals surface area (Å²) in [6, 6.07) is 19.7. The number of hydrogen-bond acceptors (Lipinski definition) is 13. The van der Waals surface area contributed by atoms with Gasteiger partial charge < -0.3 is 42.2 Å². The van der Waals surface area contributed by atoms with E-state index in [9.17, 15) is 31.2 Å². The second-order valence-corrected chi connectivity index (χ2v) is 16.4. The molecule has 2 saturated heterocycles. The molecule has 2 aliphatic heterocycles. The van der Waals surface area contributed by atoms with Crippen molar-refractivity contribution in [3.05, 3.63) is 104 Å². The Morgan fingerprint density at radius 3 is 1.58 bits per heavy atom. The molecule has 330 valence electrons. The van der Waals surface area contributed by atoms with Crippen LogP contribution in [0.2, 0.25) is 20.1 Å². The second-order valence-electron chi connectivity index (χ2n) is 13.1. The summed E-state index contributed by atoms with van der Waals surface area (Å²) in [5.41, 5.74) is -2.22. The van der Waals surface area contributed by atoms with Crippen molar-refractivity contribution in [2.24, 2.45) is 0 Å². The average Bonchev–Trinajstić information content (AvgIpc) is 3.82. The van der Waals surface area contributed by atoms with Crippen molar-refractivity contribution in [2.45, 2.75) is 5.51 Å². The summed E-state index contributed by atoms with van der Waals surface area (Å²) in [5, 5.41) is 5.39. The quantitative estimate of drug-likeness (QED) is 0.0917. The molecule has 8 rings (SSSR count). The lowest BCUT2D eigenvalue weighted by atomic mass is 10.0. The van der Waals surface area contributed by atoms with Crippen molar-refractivity contribution >= 4 is 96.1 Å². The molecule has 0 atom stereocenters. The highest BCUT2D eigenvalue weighted by molar-refractivity contribution is 7.88. The Morgan fingerprint density at radius 1 is 0.677 bits per heavy atom. The summed E-state index contributed by atoms with van der Waals surface area (Å²) in [7, 11) is -3.79. The minimum Gasteiger partial charge on any atom is -0.463 e. The smallest absolute Gasteiger partial charge is 0.463 e. The molecular weight excluding hydrogens is 927 g/mol. The molecule has 2 aromatic heterocycles. The van der Waals surface area contributed by atoms with Gasteiger partial charge in [0.1, 0.15) is 11.2 Å². The largest absolute Gasteiger partial charge is 0.534 e. The molecule has 0 radical (unpaired) electrons. The lowest BCUT2D eigenvalue weighted by molar-refractivity contribution is -0.0500. The molecule has 4 aromatic carbocycles. The van der Waals surface area contributed by atoms with Crippen molar-refractivity contribution in [1.82, 2.24) is 5.32 Å². The lowest BCUT2D eigenvalue weighted by Gasteiger charge is -2.28. The van der Waals surface area contributed by atoms with E-state index in [0.29, 0.717) is 47.5 Å². The average molecular weight is 963 g/mol. The fourth-order valence-electron chi connectivity index (χ4n) is 6.39. The molecule has 6 aromatic rings. The van der Waals surface area contributed by atoms with Gasteiger partial charge in [0.15, 0.2) is 0 Å². The molecule has 21 heteroatoms. The van der Waals surface area contributed by atoms with Crippen LogP contribution in [0.3, 0.4) is 0 Å². The topological polar surface area (TPSA) is 156 Å². The first-order chi connectivity index (χ1) is 29.5. The number of alkyl halides is 3. The first kappa shape index (κ1) is 46.8.